The summed E-state index contributed by atoms with van der Waals surface area (Å²) < 4.78 is 0. The molecule has 7 heavy (non-hydrogen) atoms. The van der Waals surface area contributed by atoms with Crippen molar-refractivity contribution in [3.05, 3.63) is 18.6 Å². The summed E-state index contributed by atoms with van der Waals surface area (Å²) in [4.78, 5) is 9.96. The van der Waals surface area contributed by atoms with Crippen molar-refractivity contribution in [3.63, 3.8) is 0 Å². The number of ketones is 1. The molecular formula is C6H8O. The maximum Gasteiger partial charge on any atom is 0.160 e. The molecule has 0 N–H and O–H groups in total. The standard InChI is InChI=1S/C6H8O/c1-5(2)4-6(3)7/h3-4H,1-2H3. The minimum absolute atomic E-state index is 0.375. The highest BCUT2D eigenvalue weighted by Crippen LogP contribution is 1.86. The normalized spacial score (nSPS) is 7.86. The first kappa shape index (κ1) is 6.41. The SMILES string of the molecule is [CH]C(=O)C=C(C)C. The van der Waals surface area contributed by atoms with Gasteiger partial charge in [-0.05, 0) is 19.9 Å². The first-order valence-electron chi connectivity index (χ1n) is 2.07. The van der Waals surface area contributed by atoms with Crippen molar-refractivity contribution in [1.29, 1.82) is 0 Å². The van der Waals surface area contributed by atoms with Gasteiger partial charge in [0.15, 0.2) is 5.78 Å². The summed E-state index contributed by atoms with van der Waals surface area (Å²) in [6, 6.07) is 0. The minimum atomic E-state index is -0.375. The van der Waals surface area contributed by atoms with Crippen LogP contribution >= 0.6 is 0 Å². The summed E-state index contributed by atoms with van der Waals surface area (Å²) in [5.41, 5.74) is 0.938. The molecule has 0 spiro atoms. The molecule has 1 heteroatoms. The molecule has 0 amide bonds. The molecule has 0 aliphatic rings. The molecule has 0 aliphatic heterocycles. The van der Waals surface area contributed by atoms with E-state index in [9.17, 15) is 4.79 Å². The van der Waals surface area contributed by atoms with Crippen LogP contribution in [0, 0.1) is 6.92 Å². The van der Waals surface area contributed by atoms with Gasteiger partial charge in [-0.25, -0.2) is 0 Å². The smallest absolute Gasteiger partial charge is 0.160 e. The van der Waals surface area contributed by atoms with Crippen molar-refractivity contribution in [3.8, 4) is 0 Å². The summed E-state index contributed by atoms with van der Waals surface area (Å²) in [6.07, 6.45) is 1.39. The second kappa shape index (κ2) is 2.56. The Bertz CT molecular complexity index is 96.7. The van der Waals surface area contributed by atoms with E-state index in [0.717, 1.165) is 5.57 Å². The van der Waals surface area contributed by atoms with Gasteiger partial charge in [-0.3, -0.25) is 4.79 Å². The molecule has 2 radical (unpaired) electrons. The first-order valence-corrected chi connectivity index (χ1v) is 2.07. The zero-order chi connectivity index (χ0) is 5.86. The van der Waals surface area contributed by atoms with E-state index < -0.39 is 0 Å². The number of hydrogen-bond donors (Lipinski definition) is 0. The molecule has 38 valence electrons. The van der Waals surface area contributed by atoms with Crippen molar-refractivity contribution in [1.82, 2.24) is 0 Å². The highest BCUT2D eigenvalue weighted by molar-refractivity contribution is 5.93. The van der Waals surface area contributed by atoms with Gasteiger partial charge in [-0.2, -0.15) is 0 Å². The molecule has 0 rings (SSSR count). The fourth-order valence-electron chi connectivity index (χ4n) is 0.285. The Morgan fingerprint density at radius 2 is 2.00 bits per heavy atom. The molecule has 0 unspecified atom stereocenters. The summed E-state index contributed by atoms with van der Waals surface area (Å²) >= 11 is 0. The number of hydrogen-bond acceptors (Lipinski definition) is 1. The maximum absolute atomic E-state index is 9.96. The maximum atomic E-state index is 9.96. The van der Waals surface area contributed by atoms with Crippen LogP contribution in [0.4, 0.5) is 0 Å². The topological polar surface area (TPSA) is 17.1 Å². The number of carbonyl (C=O) groups is 1. The summed E-state index contributed by atoms with van der Waals surface area (Å²) in [5.74, 6) is -0.375. The lowest BCUT2D eigenvalue weighted by molar-refractivity contribution is -0.110. The van der Waals surface area contributed by atoms with Crippen molar-refractivity contribution >= 4 is 5.78 Å². The van der Waals surface area contributed by atoms with E-state index >= 15 is 0 Å². The lowest BCUT2D eigenvalue weighted by Crippen LogP contribution is -1.81. The third kappa shape index (κ3) is 5.41. The third-order valence-electron chi connectivity index (χ3n) is 0.431. The van der Waals surface area contributed by atoms with E-state index in [1.54, 1.807) is 0 Å². The van der Waals surface area contributed by atoms with Crippen LogP contribution in [0.5, 0.6) is 0 Å². The minimum Gasteiger partial charge on any atom is -0.294 e. The lowest BCUT2D eigenvalue weighted by Gasteiger charge is -1.80. The second-order valence-electron chi connectivity index (χ2n) is 1.62. The van der Waals surface area contributed by atoms with Crippen LogP contribution in [-0.4, -0.2) is 5.78 Å². The summed E-state index contributed by atoms with van der Waals surface area (Å²) in [7, 11) is 0. The molecule has 0 aromatic rings. The van der Waals surface area contributed by atoms with Gasteiger partial charge in [0.2, 0.25) is 0 Å². The zero-order valence-corrected chi connectivity index (χ0v) is 4.56. The first-order chi connectivity index (χ1) is 3.13. The molecule has 0 fully saturated rings. The Labute approximate surface area is 44.0 Å². The zero-order valence-electron chi connectivity index (χ0n) is 4.56. The number of carbonyl (C=O) groups excluding carboxylic acids is 1. The largest absolute Gasteiger partial charge is 0.294 e. The van der Waals surface area contributed by atoms with E-state index in [1.807, 2.05) is 13.8 Å². The van der Waals surface area contributed by atoms with Gasteiger partial charge in [0.25, 0.3) is 0 Å². The van der Waals surface area contributed by atoms with E-state index in [0.29, 0.717) is 0 Å². The van der Waals surface area contributed by atoms with Gasteiger partial charge >= 0.3 is 0 Å². The molecule has 0 aliphatic carbocycles. The van der Waals surface area contributed by atoms with Crippen LogP contribution in [0.25, 0.3) is 0 Å². The Hall–Kier alpha value is -0.590. The lowest BCUT2D eigenvalue weighted by atomic mass is 10.3. The van der Waals surface area contributed by atoms with Gasteiger partial charge in [0.05, 0.1) is 0 Å². The Balaban J connectivity index is 3.68. The van der Waals surface area contributed by atoms with Gasteiger partial charge in [-0.15, -0.1) is 0 Å². The molecule has 0 saturated carbocycles. The molecule has 0 aromatic carbocycles. The monoisotopic (exact) mass is 96.1 g/mol. The van der Waals surface area contributed by atoms with Crippen LogP contribution in [0.3, 0.4) is 0 Å². The highest BCUT2D eigenvalue weighted by atomic mass is 16.1. The molecular weight excluding hydrogens is 88.1 g/mol. The molecule has 0 atom stereocenters. The quantitative estimate of drug-likeness (QED) is 0.449. The Morgan fingerprint density at radius 3 is 2.00 bits per heavy atom. The average Bonchev–Trinajstić information content (AvgIpc) is 1.27. The second-order valence-corrected chi connectivity index (χ2v) is 1.62. The van der Waals surface area contributed by atoms with E-state index in [-0.39, 0.29) is 5.78 Å². The predicted molar refractivity (Wildman–Crippen MR) is 28.7 cm³/mol. The van der Waals surface area contributed by atoms with E-state index in [4.69, 9.17) is 6.92 Å². The summed E-state index contributed by atoms with van der Waals surface area (Å²) in [5, 5.41) is 0. The number of rotatable bonds is 1. The van der Waals surface area contributed by atoms with Crippen molar-refractivity contribution in [2.24, 2.45) is 0 Å². The predicted octanol–water partition coefficient (Wildman–Crippen LogP) is 1.23. The Kier molecular flexibility index (Phi) is 2.34. The average molecular weight is 96.1 g/mol. The van der Waals surface area contributed by atoms with Crippen molar-refractivity contribution in [2.45, 2.75) is 13.8 Å². The van der Waals surface area contributed by atoms with Crippen LogP contribution in [0.15, 0.2) is 11.6 Å². The van der Waals surface area contributed by atoms with Gasteiger partial charge < -0.3 is 0 Å². The molecule has 1 nitrogen and oxygen atoms in total. The van der Waals surface area contributed by atoms with E-state index in [1.165, 1.54) is 6.08 Å². The van der Waals surface area contributed by atoms with Crippen molar-refractivity contribution < 1.29 is 4.79 Å². The summed E-state index contributed by atoms with van der Waals surface area (Å²) in [6.45, 7) is 8.43. The molecule has 0 aromatic heterocycles. The molecule has 0 heterocycles. The number of allylic oxidation sites excluding steroid dienone is 2. The highest BCUT2D eigenvalue weighted by Gasteiger charge is 1.81. The molecule has 0 saturated heterocycles. The Morgan fingerprint density at radius 1 is 1.57 bits per heavy atom. The third-order valence-corrected chi connectivity index (χ3v) is 0.431. The fourth-order valence-corrected chi connectivity index (χ4v) is 0.285. The van der Waals surface area contributed by atoms with Crippen LogP contribution in [0.2, 0.25) is 0 Å². The fraction of sp³-hybridized carbons (Fsp3) is 0.333. The van der Waals surface area contributed by atoms with Crippen molar-refractivity contribution in [2.75, 3.05) is 0 Å². The van der Waals surface area contributed by atoms with Gasteiger partial charge in [0, 0.05) is 6.92 Å². The van der Waals surface area contributed by atoms with Gasteiger partial charge in [-0.1, -0.05) is 5.57 Å². The van der Waals surface area contributed by atoms with Crippen LogP contribution < -0.4 is 0 Å². The molecule has 0 bridgehead atoms. The van der Waals surface area contributed by atoms with Crippen LogP contribution in [0.1, 0.15) is 13.8 Å². The van der Waals surface area contributed by atoms with Gasteiger partial charge in [0.1, 0.15) is 0 Å². The van der Waals surface area contributed by atoms with Crippen LogP contribution in [-0.2, 0) is 4.79 Å². The van der Waals surface area contributed by atoms with E-state index in [2.05, 4.69) is 0 Å².